The predicted molar refractivity (Wildman–Crippen MR) is 79.4 cm³/mol. The molecule has 4 nitrogen and oxygen atoms in total. The Morgan fingerprint density at radius 2 is 1.86 bits per heavy atom. The zero-order valence-electron chi connectivity index (χ0n) is 12.3. The van der Waals surface area contributed by atoms with E-state index in [-0.39, 0.29) is 12.1 Å². The zero-order valence-corrected chi connectivity index (χ0v) is 12.3. The Balaban J connectivity index is 2.25. The van der Waals surface area contributed by atoms with Crippen molar-refractivity contribution in [3.05, 3.63) is 46.8 Å². The Morgan fingerprint density at radius 3 is 2.52 bits per heavy atom. The quantitative estimate of drug-likeness (QED) is 0.888. The molecule has 0 amide bonds. The maximum Gasteiger partial charge on any atom is 0.135 e. The minimum Gasteiger partial charge on any atom is -0.373 e. The minimum absolute atomic E-state index is 0.160. The molecule has 0 atom stereocenters. The van der Waals surface area contributed by atoms with Gasteiger partial charge in [0.25, 0.3) is 0 Å². The Labute approximate surface area is 122 Å². The first-order valence-corrected chi connectivity index (χ1v) is 6.78. The summed E-state index contributed by atoms with van der Waals surface area (Å²) in [5.41, 5.74) is 1.10. The Bertz CT molecular complexity index is 644. The lowest BCUT2D eigenvalue weighted by Crippen LogP contribution is -2.10. The molecule has 1 aromatic heterocycles. The molecule has 2 rings (SSSR count). The van der Waals surface area contributed by atoms with E-state index in [4.69, 9.17) is 0 Å². The Hall–Kier alpha value is -2.24. The van der Waals surface area contributed by atoms with Gasteiger partial charge in [0.1, 0.15) is 29.1 Å². The van der Waals surface area contributed by atoms with E-state index in [9.17, 15) is 8.78 Å². The van der Waals surface area contributed by atoms with Gasteiger partial charge in [-0.05, 0) is 25.1 Å². The Kier molecular flexibility index (Phi) is 4.67. The molecule has 0 aliphatic carbocycles. The normalized spacial score (nSPS) is 10.5. The molecule has 0 bridgehead atoms. The summed E-state index contributed by atoms with van der Waals surface area (Å²) < 4.78 is 26.8. The second-order valence-electron chi connectivity index (χ2n) is 4.65. The van der Waals surface area contributed by atoms with Gasteiger partial charge in [-0.25, -0.2) is 18.7 Å². The summed E-state index contributed by atoms with van der Waals surface area (Å²) in [5, 5.41) is 6.05. The molecule has 0 unspecified atom stereocenters. The lowest BCUT2D eigenvalue weighted by molar-refractivity contribution is 0.587. The standard InChI is InChI=1S/C15H18F2N4/c1-4-13-20-14(18-3)9(2)15(21-13)19-8-10-7-11(16)5-6-12(10)17/h5-7H,4,8H2,1-3H3,(H2,18,19,20,21). The molecule has 0 aliphatic rings. The summed E-state index contributed by atoms with van der Waals surface area (Å²) in [6, 6.07) is 3.40. The van der Waals surface area contributed by atoms with E-state index < -0.39 is 11.6 Å². The van der Waals surface area contributed by atoms with Gasteiger partial charge in [-0.1, -0.05) is 6.92 Å². The first-order chi connectivity index (χ1) is 10.0. The summed E-state index contributed by atoms with van der Waals surface area (Å²) >= 11 is 0. The van der Waals surface area contributed by atoms with Gasteiger partial charge in [0, 0.05) is 31.1 Å². The fraction of sp³-hybridized carbons (Fsp3) is 0.333. The molecule has 0 spiro atoms. The van der Waals surface area contributed by atoms with E-state index in [1.807, 2.05) is 13.8 Å². The van der Waals surface area contributed by atoms with Gasteiger partial charge >= 0.3 is 0 Å². The van der Waals surface area contributed by atoms with Crippen molar-refractivity contribution in [2.45, 2.75) is 26.8 Å². The van der Waals surface area contributed by atoms with Crippen LogP contribution in [0.25, 0.3) is 0 Å². The van der Waals surface area contributed by atoms with Crippen LogP contribution in [0.3, 0.4) is 0 Å². The lowest BCUT2D eigenvalue weighted by Gasteiger charge is -2.13. The number of hydrogen-bond donors (Lipinski definition) is 2. The van der Waals surface area contributed by atoms with Crippen LogP contribution in [-0.4, -0.2) is 17.0 Å². The monoisotopic (exact) mass is 292 g/mol. The third kappa shape index (κ3) is 3.45. The topological polar surface area (TPSA) is 49.8 Å². The summed E-state index contributed by atoms with van der Waals surface area (Å²) in [6.45, 7) is 3.99. The van der Waals surface area contributed by atoms with Crippen molar-refractivity contribution in [1.29, 1.82) is 0 Å². The number of rotatable bonds is 5. The molecule has 21 heavy (non-hydrogen) atoms. The van der Waals surface area contributed by atoms with Gasteiger partial charge in [-0.15, -0.1) is 0 Å². The number of nitrogens with one attached hydrogen (secondary N) is 2. The molecular weight excluding hydrogens is 274 g/mol. The number of anilines is 2. The number of aryl methyl sites for hydroxylation is 1. The van der Waals surface area contributed by atoms with Gasteiger partial charge in [0.15, 0.2) is 0 Å². The first kappa shape index (κ1) is 15.2. The van der Waals surface area contributed by atoms with Gasteiger partial charge in [0.05, 0.1) is 0 Å². The zero-order chi connectivity index (χ0) is 15.4. The molecule has 2 aromatic rings. The van der Waals surface area contributed by atoms with Crippen LogP contribution >= 0.6 is 0 Å². The van der Waals surface area contributed by atoms with Crippen molar-refractivity contribution in [3.63, 3.8) is 0 Å². The predicted octanol–water partition coefficient (Wildman–Crippen LogP) is 3.28. The van der Waals surface area contributed by atoms with Gasteiger partial charge in [-0.3, -0.25) is 0 Å². The molecule has 0 saturated heterocycles. The molecule has 0 aliphatic heterocycles. The van der Waals surface area contributed by atoms with Crippen molar-refractivity contribution >= 4 is 11.6 Å². The number of aromatic nitrogens is 2. The number of nitrogens with zero attached hydrogens (tertiary/aromatic N) is 2. The molecule has 0 radical (unpaired) electrons. The fourth-order valence-corrected chi connectivity index (χ4v) is 1.99. The van der Waals surface area contributed by atoms with Crippen LogP contribution in [0.4, 0.5) is 20.4 Å². The fourth-order valence-electron chi connectivity index (χ4n) is 1.99. The van der Waals surface area contributed by atoms with Crippen LogP contribution in [0.15, 0.2) is 18.2 Å². The van der Waals surface area contributed by atoms with Crippen LogP contribution in [-0.2, 0) is 13.0 Å². The molecule has 0 saturated carbocycles. The van der Waals surface area contributed by atoms with Crippen molar-refractivity contribution in [2.24, 2.45) is 0 Å². The third-order valence-electron chi connectivity index (χ3n) is 3.20. The van der Waals surface area contributed by atoms with Crippen LogP contribution in [0.5, 0.6) is 0 Å². The molecule has 1 aromatic carbocycles. The molecule has 2 N–H and O–H groups in total. The average Bonchev–Trinajstić information content (AvgIpc) is 2.49. The second kappa shape index (κ2) is 6.47. The third-order valence-corrected chi connectivity index (χ3v) is 3.20. The van der Waals surface area contributed by atoms with E-state index in [0.29, 0.717) is 18.1 Å². The van der Waals surface area contributed by atoms with Crippen LogP contribution in [0, 0.1) is 18.6 Å². The SMILES string of the molecule is CCc1nc(NC)c(C)c(NCc2cc(F)ccc2F)n1. The first-order valence-electron chi connectivity index (χ1n) is 6.78. The van der Waals surface area contributed by atoms with Crippen molar-refractivity contribution < 1.29 is 8.78 Å². The summed E-state index contributed by atoms with van der Waals surface area (Å²) in [4.78, 5) is 8.75. The van der Waals surface area contributed by atoms with E-state index in [2.05, 4.69) is 20.6 Å². The van der Waals surface area contributed by atoms with E-state index >= 15 is 0 Å². The number of benzene rings is 1. The van der Waals surface area contributed by atoms with Crippen molar-refractivity contribution in [3.8, 4) is 0 Å². The van der Waals surface area contributed by atoms with E-state index in [0.717, 1.165) is 23.5 Å². The molecule has 112 valence electrons. The highest BCUT2D eigenvalue weighted by molar-refractivity contribution is 5.57. The lowest BCUT2D eigenvalue weighted by atomic mass is 10.2. The molecule has 0 fully saturated rings. The minimum atomic E-state index is -0.460. The highest BCUT2D eigenvalue weighted by Gasteiger charge is 2.10. The average molecular weight is 292 g/mol. The van der Waals surface area contributed by atoms with Crippen LogP contribution in [0.2, 0.25) is 0 Å². The number of halogens is 2. The highest BCUT2D eigenvalue weighted by atomic mass is 19.1. The van der Waals surface area contributed by atoms with Gasteiger partial charge in [-0.2, -0.15) is 0 Å². The highest BCUT2D eigenvalue weighted by Crippen LogP contribution is 2.21. The smallest absolute Gasteiger partial charge is 0.135 e. The molecular formula is C15H18F2N4. The molecule has 1 heterocycles. The molecule has 6 heteroatoms. The Morgan fingerprint density at radius 1 is 1.14 bits per heavy atom. The summed E-state index contributed by atoms with van der Waals surface area (Å²) in [6.07, 6.45) is 0.692. The maximum atomic E-state index is 13.6. The maximum absolute atomic E-state index is 13.6. The summed E-state index contributed by atoms with van der Waals surface area (Å²) in [5.74, 6) is 1.13. The van der Waals surface area contributed by atoms with E-state index in [1.165, 1.54) is 6.07 Å². The van der Waals surface area contributed by atoms with Gasteiger partial charge < -0.3 is 10.6 Å². The van der Waals surface area contributed by atoms with Gasteiger partial charge in [0.2, 0.25) is 0 Å². The van der Waals surface area contributed by atoms with Crippen molar-refractivity contribution in [2.75, 3.05) is 17.7 Å². The van der Waals surface area contributed by atoms with Crippen molar-refractivity contribution in [1.82, 2.24) is 9.97 Å². The van der Waals surface area contributed by atoms with Crippen LogP contribution in [0.1, 0.15) is 23.9 Å². The summed E-state index contributed by atoms with van der Waals surface area (Å²) in [7, 11) is 1.78. The van der Waals surface area contributed by atoms with Crippen LogP contribution < -0.4 is 10.6 Å². The van der Waals surface area contributed by atoms with E-state index in [1.54, 1.807) is 7.05 Å². The largest absolute Gasteiger partial charge is 0.373 e. The number of hydrogen-bond acceptors (Lipinski definition) is 4. The second-order valence-corrected chi connectivity index (χ2v) is 4.65.